The number of carboxylic acids is 1. The molecule has 2 rings (SSSR count). The van der Waals surface area contributed by atoms with Crippen molar-refractivity contribution >= 4 is 23.4 Å². The van der Waals surface area contributed by atoms with E-state index < -0.39 is 22.7 Å². The van der Waals surface area contributed by atoms with Crippen molar-refractivity contribution in [3.8, 4) is 5.75 Å². The third-order valence-corrected chi connectivity index (χ3v) is 3.87. The van der Waals surface area contributed by atoms with E-state index in [0.717, 1.165) is 10.5 Å². The van der Waals surface area contributed by atoms with Crippen molar-refractivity contribution in [2.24, 2.45) is 0 Å². The summed E-state index contributed by atoms with van der Waals surface area (Å²) in [4.78, 5) is 35.4. The minimum Gasteiger partial charge on any atom is -0.490 e. The van der Waals surface area contributed by atoms with Crippen molar-refractivity contribution in [1.29, 1.82) is 0 Å². The summed E-state index contributed by atoms with van der Waals surface area (Å²) < 4.78 is 10.3. The topological polar surface area (TPSA) is 119 Å². The van der Waals surface area contributed by atoms with E-state index >= 15 is 0 Å². The van der Waals surface area contributed by atoms with Gasteiger partial charge >= 0.3 is 17.7 Å². The lowest BCUT2D eigenvalue weighted by atomic mass is 10.2. The van der Waals surface area contributed by atoms with Crippen molar-refractivity contribution in [2.75, 3.05) is 18.6 Å². The van der Waals surface area contributed by atoms with Crippen LogP contribution in [0.4, 0.5) is 16.2 Å². The zero-order valence-electron chi connectivity index (χ0n) is 15.2. The number of aliphatic carboxylic acids is 1. The van der Waals surface area contributed by atoms with Crippen LogP contribution >= 0.6 is 0 Å². The molecule has 0 aromatic heterocycles. The molecule has 0 fully saturated rings. The van der Waals surface area contributed by atoms with E-state index in [0.29, 0.717) is 0 Å². The Kier molecular flexibility index (Phi) is 7.32. The number of carbonyl (C=O) groups is 2. The predicted molar refractivity (Wildman–Crippen MR) is 100 cm³/mol. The van der Waals surface area contributed by atoms with Gasteiger partial charge in [0.2, 0.25) is 0 Å². The third kappa shape index (κ3) is 5.44. The van der Waals surface area contributed by atoms with Crippen LogP contribution in [0.25, 0.3) is 0 Å². The zero-order valence-corrected chi connectivity index (χ0v) is 15.2. The highest BCUT2D eigenvalue weighted by Crippen LogP contribution is 2.37. The fourth-order valence-electron chi connectivity index (χ4n) is 2.57. The highest BCUT2D eigenvalue weighted by atomic mass is 16.6. The second-order valence-corrected chi connectivity index (χ2v) is 5.77. The summed E-state index contributed by atoms with van der Waals surface area (Å²) in [5.41, 5.74) is 0.339. The van der Waals surface area contributed by atoms with E-state index in [2.05, 4.69) is 0 Å². The predicted octanol–water partition coefficient (Wildman–Crippen LogP) is 3.61. The van der Waals surface area contributed by atoms with Gasteiger partial charge in [0, 0.05) is 13.0 Å². The molecule has 0 aliphatic carbocycles. The monoisotopic (exact) mass is 388 g/mol. The van der Waals surface area contributed by atoms with E-state index in [9.17, 15) is 19.7 Å². The standard InChI is InChI=1S/C19H20N2O7/c1-27-16-10-5-9-15(18(16)21(25)26)20(12-6-11-17(22)23)19(24)28-13-14-7-3-2-4-8-14/h2-5,7-10H,6,11-13H2,1H3,(H,22,23). The van der Waals surface area contributed by atoms with Crippen LogP contribution in [0.2, 0.25) is 0 Å². The largest absolute Gasteiger partial charge is 0.490 e. The van der Waals surface area contributed by atoms with Crippen molar-refractivity contribution in [1.82, 2.24) is 0 Å². The first-order chi connectivity index (χ1) is 13.4. The van der Waals surface area contributed by atoms with E-state index in [1.807, 2.05) is 6.07 Å². The number of nitro groups is 1. The molecule has 28 heavy (non-hydrogen) atoms. The number of ether oxygens (including phenoxy) is 2. The lowest BCUT2D eigenvalue weighted by molar-refractivity contribution is -0.385. The highest BCUT2D eigenvalue weighted by molar-refractivity contribution is 5.91. The van der Waals surface area contributed by atoms with Gasteiger partial charge in [-0.25, -0.2) is 4.79 Å². The first-order valence-electron chi connectivity index (χ1n) is 8.45. The van der Waals surface area contributed by atoms with Crippen LogP contribution in [-0.2, 0) is 16.1 Å². The van der Waals surface area contributed by atoms with Crippen LogP contribution in [0.3, 0.4) is 0 Å². The number of amides is 1. The van der Waals surface area contributed by atoms with Gasteiger partial charge in [0.15, 0.2) is 5.75 Å². The van der Waals surface area contributed by atoms with E-state index in [1.165, 1.54) is 25.3 Å². The van der Waals surface area contributed by atoms with Crippen molar-refractivity contribution in [3.63, 3.8) is 0 Å². The van der Waals surface area contributed by atoms with E-state index in [1.54, 1.807) is 24.3 Å². The number of methoxy groups -OCH3 is 1. The molecule has 0 atom stereocenters. The number of nitrogens with zero attached hydrogens (tertiary/aromatic N) is 2. The number of carbonyl (C=O) groups excluding carboxylic acids is 1. The molecule has 9 heteroatoms. The maximum atomic E-state index is 12.7. The number of rotatable bonds is 9. The van der Waals surface area contributed by atoms with Gasteiger partial charge in [-0.05, 0) is 24.1 Å². The number of nitro benzene ring substituents is 1. The molecule has 0 unspecified atom stereocenters. The summed E-state index contributed by atoms with van der Waals surface area (Å²) in [7, 11) is 1.29. The molecular formula is C19H20N2O7. The van der Waals surface area contributed by atoms with Gasteiger partial charge in [-0.1, -0.05) is 36.4 Å². The van der Waals surface area contributed by atoms with Crippen LogP contribution in [0.15, 0.2) is 48.5 Å². The quantitative estimate of drug-likeness (QED) is 0.515. The number of para-hydroxylation sites is 1. The molecule has 0 aliphatic heterocycles. The van der Waals surface area contributed by atoms with Gasteiger partial charge in [-0.15, -0.1) is 0 Å². The third-order valence-electron chi connectivity index (χ3n) is 3.87. The Bertz CT molecular complexity index is 839. The normalized spacial score (nSPS) is 10.2. The van der Waals surface area contributed by atoms with Gasteiger partial charge in [-0.2, -0.15) is 0 Å². The van der Waals surface area contributed by atoms with Gasteiger partial charge < -0.3 is 14.6 Å². The van der Waals surface area contributed by atoms with E-state index in [4.69, 9.17) is 14.6 Å². The molecule has 1 amide bonds. The lowest BCUT2D eigenvalue weighted by Crippen LogP contribution is -2.33. The molecule has 2 aromatic carbocycles. The summed E-state index contributed by atoms with van der Waals surface area (Å²) >= 11 is 0. The molecule has 0 radical (unpaired) electrons. The zero-order chi connectivity index (χ0) is 20.5. The Morgan fingerprint density at radius 1 is 1.14 bits per heavy atom. The number of hydrogen-bond acceptors (Lipinski definition) is 6. The Morgan fingerprint density at radius 3 is 2.46 bits per heavy atom. The van der Waals surface area contributed by atoms with Crippen LogP contribution in [-0.4, -0.2) is 35.7 Å². The minimum atomic E-state index is -1.03. The molecule has 2 aromatic rings. The van der Waals surface area contributed by atoms with Gasteiger partial charge in [0.1, 0.15) is 12.3 Å². The minimum absolute atomic E-state index is 0.0124. The number of benzene rings is 2. The summed E-state index contributed by atoms with van der Waals surface area (Å²) in [5.74, 6) is -1.04. The molecule has 0 bridgehead atoms. The van der Waals surface area contributed by atoms with Crippen LogP contribution < -0.4 is 9.64 Å². The van der Waals surface area contributed by atoms with Crippen LogP contribution in [0.1, 0.15) is 18.4 Å². The highest BCUT2D eigenvalue weighted by Gasteiger charge is 2.29. The molecule has 148 valence electrons. The smallest absolute Gasteiger partial charge is 0.414 e. The van der Waals surface area contributed by atoms with Crippen molar-refractivity contribution < 1.29 is 29.1 Å². The summed E-state index contributed by atoms with van der Waals surface area (Å²) in [6.45, 7) is -0.0825. The molecule has 0 saturated heterocycles. The number of carboxylic acid groups (broad SMARTS) is 1. The first kappa shape index (κ1) is 20.7. The molecule has 0 spiro atoms. The summed E-state index contributed by atoms with van der Waals surface area (Å²) in [6.07, 6.45) is -0.907. The fourth-order valence-corrected chi connectivity index (χ4v) is 2.57. The maximum Gasteiger partial charge on any atom is 0.414 e. The lowest BCUT2D eigenvalue weighted by Gasteiger charge is -2.22. The molecule has 1 N–H and O–H groups in total. The molecule has 0 aliphatic rings. The van der Waals surface area contributed by atoms with Crippen molar-refractivity contribution in [3.05, 3.63) is 64.2 Å². The first-order valence-corrected chi connectivity index (χ1v) is 8.45. The van der Waals surface area contributed by atoms with Crippen LogP contribution in [0, 0.1) is 10.1 Å². The van der Waals surface area contributed by atoms with Crippen LogP contribution in [0.5, 0.6) is 5.75 Å². The Morgan fingerprint density at radius 2 is 1.86 bits per heavy atom. The average Bonchev–Trinajstić information content (AvgIpc) is 2.69. The number of hydrogen-bond donors (Lipinski definition) is 1. The molecule has 9 nitrogen and oxygen atoms in total. The van der Waals surface area contributed by atoms with Crippen molar-refractivity contribution in [2.45, 2.75) is 19.4 Å². The van der Waals surface area contributed by atoms with E-state index in [-0.39, 0.29) is 37.4 Å². The Balaban J connectivity index is 2.29. The summed E-state index contributed by atoms with van der Waals surface area (Å²) in [5, 5.41) is 20.4. The second kappa shape index (κ2) is 9.91. The number of anilines is 1. The Labute approximate surface area is 161 Å². The second-order valence-electron chi connectivity index (χ2n) is 5.77. The summed E-state index contributed by atoms with van der Waals surface area (Å²) in [6, 6.07) is 13.3. The van der Waals surface area contributed by atoms with Gasteiger partial charge in [0.05, 0.1) is 12.0 Å². The molecular weight excluding hydrogens is 368 g/mol. The van der Waals surface area contributed by atoms with Gasteiger partial charge in [0.25, 0.3) is 0 Å². The molecule has 0 heterocycles. The Hall–Kier alpha value is -3.62. The maximum absolute atomic E-state index is 12.7. The van der Waals surface area contributed by atoms with Gasteiger partial charge in [-0.3, -0.25) is 19.8 Å². The fraction of sp³-hybridized carbons (Fsp3) is 0.263. The SMILES string of the molecule is COc1cccc(N(CCCC(=O)O)C(=O)OCc2ccccc2)c1[N+](=O)[O-]. The average molecular weight is 388 g/mol. The molecule has 0 saturated carbocycles.